The maximum atomic E-state index is 10.6. The highest BCUT2D eigenvalue weighted by molar-refractivity contribution is 7.99. The van der Waals surface area contributed by atoms with E-state index < -0.39 is 5.97 Å². The lowest BCUT2D eigenvalue weighted by Crippen LogP contribution is -1.95. The molecule has 0 spiro atoms. The molecule has 1 aromatic heterocycles. The Bertz CT molecular complexity index is 320. The molecule has 1 rings (SSSR count). The van der Waals surface area contributed by atoms with Gasteiger partial charge in [-0.1, -0.05) is 25.6 Å². The molecule has 0 saturated heterocycles. The van der Waals surface area contributed by atoms with E-state index in [9.17, 15) is 4.79 Å². The number of imidazole rings is 1. The summed E-state index contributed by atoms with van der Waals surface area (Å²) >= 11 is 1.55. The van der Waals surface area contributed by atoms with Gasteiger partial charge < -0.3 is 9.67 Å². The Kier molecular flexibility index (Phi) is 2.98. The van der Waals surface area contributed by atoms with Crippen molar-refractivity contribution >= 4 is 17.7 Å². The molecular formula is C8H12N2O2S. The van der Waals surface area contributed by atoms with Gasteiger partial charge in [-0.2, -0.15) is 0 Å². The predicted molar refractivity (Wildman–Crippen MR) is 51.2 cm³/mol. The summed E-state index contributed by atoms with van der Waals surface area (Å²) in [5.41, 5.74) is 0.102. The van der Waals surface area contributed by atoms with Crippen LogP contribution in [0.2, 0.25) is 0 Å². The number of hydrogen-bond donors (Lipinski definition) is 1. The second-order valence-electron chi connectivity index (χ2n) is 2.99. The second kappa shape index (κ2) is 3.83. The first-order valence-electron chi connectivity index (χ1n) is 3.94. The molecule has 5 heteroatoms. The Balaban J connectivity index is 2.90. The molecule has 1 heterocycles. The maximum absolute atomic E-state index is 10.6. The molecular weight excluding hydrogens is 188 g/mol. The van der Waals surface area contributed by atoms with Crippen molar-refractivity contribution in [2.45, 2.75) is 24.3 Å². The van der Waals surface area contributed by atoms with E-state index in [0.717, 1.165) is 5.16 Å². The SMILES string of the molecule is CC(C)Sc1nc(C(=O)O)cn1C. The summed E-state index contributed by atoms with van der Waals surface area (Å²) in [4.78, 5) is 14.5. The van der Waals surface area contributed by atoms with Crippen molar-refractivity contribution in [3.63, 3.8) is 0 Å². The van der Waals surface area contributed by atoms with Gasteiger partial charge >= 0.3 is 5.97 Å². The van der Waals surface area contributed by atoms with Gasteiger partial charge in [-0.25, -0.2) is 9.78 Å². The third kappa shape index (κ3) is 2.48. The van der Waals surface area contributed by atoms with Gasteiger partial charge in [0.05, 0.1) is 0 Å². The zero-order valence-corrected chi connectivity index (χ0v) is 8.63. The predicted octanol–water partition coefficient (Wildman–Crippen LogP) is 1.62. The largest absolute Gasteiger partial charge is 0.476 e. The fourth-order valence-electron chi connectivity index (χ4n) is 0.873. The third-order valence-electron chi connectivity index (χ3n) is 1.39. The van der Waals surface area contributed by atoms with Crippen molar-refractivity contribution in [1.29, 1.82) is 0 Å². The van der Waals surface area contributed by atoms with E-state index in [-0.39, 0.29) is 5.69 Å². The van der Waals surface area contributed by atoms with Gasteiger partial charge in [-0.3, -0.25) is 0 Å². The number of hydrogen-bond acceptors (Lipinski definition) is 3. The van der Waals surface area contributed by atoms with Crippen molar-refractivity contribution in [2.24, 2.45) is 7.05 Å². The normalized spacial score (nSPS) is 10.8. The van der Waals surface area contributed by atoms with E-state index in [1.807, 2.05) is 13.8 Å². The van der Waals surface area contributed by atoms with Gasteiger partial charge in [0.1, 0.15) is 0 Å². The number of aryl methyl sites for hydroxylation is 1. The average molecular weight is 200 g/mol. The second-order valence-corrected chi connectivity index (χ2v) is 4.54. The van der Waals surface area contributed by atoms with Crippen LogP contribution < -0.4 is 0 Å². The Labute approximate surface area is 81.0 Å². The summed E-state index contributed by atoms with van der Waals surface area (Å²) in [5, 5.41) is 9.82. The molecule has 0 saturated carbocycles. The highest BCUT2D eigenvalue weighted by atomic mass is 32.2. The van der Waals surface area contributed by atoms with Gasteiger partial charge in [-0.05, 0) is 0 Å². The van der Waals surface area contributed by atoms with Crippen molar-refractivity contribution in [1.82, 2.24) is 9.55 Å². The molecule has 0 fully saturated rings. The van der Waals surface area contributed by atoms with Crippen molar-refractivity contribution in [2.75, 3.05) is 0 Å². The molecule has 0 aliphatic carbocycles. The summed E-state index contributed by atoms with van der Waals surface area (Å²) in [6.45, 7) is 4.08. The molecule has 0 aromatic carbocycles. The zero-order valence-electron chi connectivity index (χ0n) is 7.81. The maximum Gasteiger partial charge on any atom is 0.356 e. The van der Waals surface area contributed by atoms with Crippen LogP contribution in [0.25, 0.3) is 0 Å². The van der Waals surface area contributed by atoms with E-state index in [0.29, 0.717) is 5.25 Å². The molecule has 4 nitrogen and oxygen atoms in total. The number of aromatic nitrogens is 2. The number of carbonyl (C=O) groups is 1. The van der Waals surface area contributed by atoms with Crippen LogP contribution in [-0.4, -0.2) is 25.9 Å². The highest BCUT2D eigenvalue weighted by Crippen LogP contribution is 2.21. The van der Waals surface area contributed by atoms with E-state index in [4.69, 9.17) is 5.11 Å². The third-order valence-corrected chi connectivity index (χ3v) is 2.46. The minimum Gasteiger partial charge on any atom is -0.476 e. The molecule has 0 aliphatic rings. The quantitative estimate of drug-likeness (QED) is 0.753. The smallest absolute Gasteiger partial charge is 0.356 e. The van der Waals surface area contributed by atoms with E-state index >= 15 is 0 Å². The standard InChI is InChI=1S/C8H12N2O2S/c1-5(2)13-8-9-6(7(11)12)4-10(8)3/h4-5H,1-3H3,(H,11,12). The van der Waals surface area contributed by atoms with Crippen LogP contribution >= 0.6 is 11.8 Å². The Morgan fingerprint density at radius 3 is 2.69 bits per heavy atom. The summed E-state index contributed by atoms with van der Waals surface area (Å²) in [5.74, 6) is -0.980. The Hall–Kier alpha value is -0.970. The molecule has 0 atom stereocenters. The fraction of sp³-hybridized carbons (Fsp3) is 0.500. The van der Waals surface area contributed by atoms with Crippen LogP contribution in [0, 0.1) is 0 Å². The number of rotatable bonds is 3. The topological polar surface area (TPSA) is 55.1 Å². The molecule has 0 bridgehead atoms. The molecule has 1 aromatic rings. The molecule has 13 heavy (non-hydrogen) atoms. The fourth-order valence-corrected chi connectivity index (χ4v) is 1.66. The van der Waals surface area contributed by atoms with Crippen LogP contribution in [0.1, 0.15) is 24.3 Å². The summed E-state index contributed by atoms with van der Waals surface area (Å²) in [7, 11) is 1.80. The van der Waals surface area contributed by atoms with Gasteiger partial charge in [-0.15, -0.1) is 0 Å². The molecule has 1 N–H and O–H groups in total. The van der Waals surface area contributed by atoms with Crippen LogP contribution in [-0.2, 0) is 7.05 Å². The van der Waals surface area contributed by atoms with Crippen LogP contribution in [0.3, 0.4) is 0 Å². The van der Waals surface area contributed by atoms with Crippen molar-refractivity contribution < 1.29 is 9.90 Å². The number of carboxylic acids is 1. The van der Waals surface area contributed by atoms with Crippen LogP contribution in [0.15, 0.2) is 11.4 Å². The van der Waals surface area contributed by atoms with E-state index in [1.54, 1.807) is 23.4 Å². The van der Waals surface area contributed by atoms with E-state index in [1.165, 1.54) is 6.20 Å². The number of aromatic carboxylic acids is 1. The van der Waals surface area contributed by atoms with E-state index in [2.05, 4.69) is 4.98 Å². The average Bonchev–Trinajstić information content (AvgIpc) is 2.31. The number of thioether (sulfide) groups is 1. The molecule has 72 valence electrons. The van der Waals surface area contributed by atoms with Crippen molar-refractivity contribution in [3.8, 4) is 0 Å². The zero-order chi connectivity index (χ0) is 10.0. The lowest BCUT2D eigenvalue weighted by atomic mass is 10.5. The molecule has 0 amide bonds. The summed E-state index contributed by atoms with van der Waals surface area (Å²) in [6.07, 6.45) is 1.52. The first-order chi connectivity index (χ1) is 6.00. The summed E-state index contributed by atoms with van der Waals surface area (Å²) < 4.78 is 1.73. The lowest BCUT2D eigenvalue weighted by Gasteiger charge is -2.02. The molecule has 0 radical (unpaired) electrons. The monoisotopic (exact) mass is 200 g/mol. The van der Waals surface area contributed by atoms with Crippen LogP contribution in [0.4, 0.5) is 0 Å². The summed E-state index contributed by atoms with van der Waals surface area (Å²) in [6, 6.07) is 0. The Morgan fingerprint density at radius 2 is 2.31 bits per heavy atom. The van der Waals surface area contributed by atoms with Gasteiger partial charge in [0.15, 0.2) is 10.9 Å². The number of nitrogens with zero attached hydrogens (tertiary/aromatic N) is 2. The lowest BCUT2D eigenvalue weighted by molar-refractivity contribution is 0.0690. The Morgan fingerprint density at radius 1 is 1.69 bits per heavy atom. The minimum atomic E-state index is -0.980. The van der Waals surface area contributed by atoms with Gasteiger partial charge in [0.2, 0.25) is 0 Å². The van der Waals surface area contributed by atoms with Crippen LogP contribution in [0.5, 0.6) is 0 Å². The number of carboxylic acid groups (broad SMARTS) is 1. The van der Waals surface area contributed by atoms with Gasteiger partial charge in [0, 0.05) is 18.5 Å². The van der Waals surface area contributed by atoms with Crippen molar-refractivity contribution in [3.05, 3.63) is 11.9 Å². The molecule has 0 unspecified atom stereocenters. The minimum absolute atomic E-state index is 0.102. The molecule has 0 aliphatic heterocycles. The first kappa shape index (κ1) is 10.1. The first-order valence-corrected chi connectivity index (χ1v) is 4.82. The highest BCUT2D eigenvalue weighted by Gasteiger charge is 2.12. The van der Waals surface area contributed by atoms with Gasteiger partial charge in [0.25, 0.3) is 0 Å².